The molecule has 0 aromatic heterocycles. The van der Waals surface area contributed by atoms with Crippen LogP contribution in [0.15, 0.2) is 12.1 Å². The average molecular weight is 244 g/mol. The molecule has 0 bridgehead atoms. The first-order valence-electron chi connectivity index (χ1n) is 5.81. The Bertz CT molecular complexity index is 669. The van der Waals surface area contributed by atoms with Gasteiger partial charge in [-0.1, -0.05) is 0 Å². The van der Waals surface area contributed by atoms with Gasteiger partial charge in [-0.2, -0.15) is 0 Å². The minimum absolute atomic E-state index is 0.255. The molecule has 0 aliphatic carbocycles. The van der Waals surface area contributed by atoms with Gasteiger partial charge < -0.3 is 10.2 Å². The zero-order valence-corrected chi connectivity index (χ0v) is 11.0. The van der Waals surface area contributed by atoms with E-state index in [0.29, 0.717) is 5.56 Å². The number of phenolic OH excluding ortho intramolecular Hbond substituents is 1. The molecule has 0 saturated carbocycles. The predicted molar refractivity (Wildman–Crippen MR) is 71.5 cm³/mol. The normalized spacial score (nSPS) is 10.9. The number of carboxylic acid groups (broad SMARTS) is 1. The first-order valence-corrected chi connectivity index (χ1v) is 5.81. The number of phenols is 1. The molecule has 2 rings (SSSR count). The van der Waals surface area contributed by atoms with Crippen molar-refractivity contribution in [1.29, 1.82) is 0 Å². The number of rotatable bonds is 1. The van der Waals surface area contributed by atoms with Crippen LogP contribution < -0.4 is 0 Å². The van der Waals surface area contributed by atoms with Crippen LogP contribution in [0.4, 0.5) is 0 Å². The van der Waals surface area contributed by atoms with Gasteiger partial charge in [0.25, 0.3) is 0 Å². The van der Waals surface area contributed by atoms with Gasteiger partial charge >= 0.3 is 5.97 Å². The van der Waals surface area contributed by atoms with Crippen molar-refractivity contribution in [2.75, 3.05) is 0 Å². The molecule has 3 heteroatoms. The zero-order chi connectivity index (χ0) is 13.6. The van der Waals surface area contributed by atoms with E-state index in [0.717, 1.165) is 33.0 Å². The number of carboxylic acids is 1. The van der Waals surface area contributed by atoms with Crippen molar-refractivity contribution in [3.63, 3.8) is 0 Å². The maximum atomic E-state index is 11.2. The Morgan fingerprint density at radius 1 is 1.00 bits per heavy atom. The molecule has 18 heavy (non-hydrogen) atoms. The van der Waals surface area contributed by atoms with Gasteiger partial charge in [0.15, 0.2) is 0 Å². The Kier molecular flexibility index (Phi) is 2.77. The maximum Gasteiger partial charge on any atom is 0.335 e. The van der Waals surface area contributed by atoms with E-state index in [-0.39, 0.29) is 5.75 Å². The maximum absolute atomic E-state index is 11.2. The lowest BCUT2D eigenvalue weighted by molar-refractivity contribution is 0.0696. The molecule has 0 aliphatic heterocycles. The Morgan fingerprint density at radius 3 is 2.17 bits per heavy atom. The SMILES string of the molecule is Cc1c(O)cc2c(C)cc(C(=O)O)c(C)c2c1C. The highest BCUT2D eigenvalue weighted by Crippen LogP contribution is 2.34. The van der Waals surface area contributed by atoms with Crippen molar-refractivity contribution in [2.24, 2.45) is 0 Å². The first-order chi connectivity index (χ1) is 8.34. The standard InChI is InChI=1S/C15H16O3/c1-7-5-12(15(17)18)10(4)14-9(3)8(2)13(16)6-11(7)14/h5-6,16H,1-4H3,(H,17,18). The number of aromatic carboxylic acids is 1. The topological polar surface area (TPSA) is 57.5 Å². The second kappa shape index (κ2) is 4.02. The molecule has 0 aliphatic rings. The van der Waals surface area contributed by atoms with Crippen LogP contribution in [0.1, 0.15) is 32.6 Å². The van der Waals surface area contributed by atoms with Crippen LogP contribution in [-0.2, 0) is 0 Å². The summed E-state index contributed by atoms with van der Waals surface area (Å²) in [6.07, 6.45) is 0. The summed E-state index contributed by atoms with van der Waals surface area (Å²) in [6, 6.07) is 3.37. The summed E-state index contributed by atoms with van der Waals surface area (Å²) < 4.78 is 0. The molecule has 2 aromatic rings. The summed E-state index contributed by atoms with van der Waals surface area (Å²) in [4.78, 5) is 11.2. The van der Waals surface area contributed by atoms with Gasteiger partial charge in [-0.05, 0) is 72.9 Å². The lowest BCUT2D eigenvalue weighted by atomic mass is 9.90. The fourth-order valence-electron chi connectivity index (χ4n) is 2.45. The van der Waals surface area contributed by atoms with E-state index in [1.54, 1.807) is 12.1 Å². The third-order valence-electron chi connectivity index (χ3n) is 3.67. The van der Waals surface area contributed by atoms with Crippen LogP contribution >= 0.6 is 0 Å². The largest absolute Gasteiger partial charge is 0.508 e. The van der Waals surface area contributed by atoms with Crippen molar-refractivity contribution < 1.29 is 15.0 Å². The zero-order valence-electron chi connectivity index (χ0n) is 11.0. The van der Waals surface area contributed by atoms with E-state index in [2.05, 4.69) is 0 Å². The van der Waals surface area contributed by atoms with Crippen LogP contribution in [0.25, 0.3) is 10.8 Å². The van der Waals surface area contributed by atoms with Gasteiger partial charge in [-0.15, -0.1) is 0 Å². The molecule has 0 atom stereocenters. The minimum Gasteiger partial charge on any atom is -0.508 e. The smallest absolute Gasteiger partial charge is 0.335 e. The van der Waals surface area contributed by atoms with Crippen LogP contribution in [0.3, 0.4) is 0 Å². The Balaban J connectivity index is 3.04. The summed E-state index contributed by atoms with van der Waals surface area (Å²) in [5.41, 5.74) is 3.68. The molecule has 0 unspecified atom stereocenters. The fourth-order valence-corrected chi connectivity index (χ4v) is 2.45. The van der Waals surface area contributed by atoms with E-state index in [4.69, 9.17) is 0 Å². The van der Waals surface area contributed by atoms with Gasteiger partial charge in [0.2, 0.25) is 0 Å². The number of aryl methyl sites for hydroxylation is 3. The number of hydrogen-bond acceptors (Lipinski definition) is 2. The fraction of sp³-hybridized carbons (Fsp3) is 0.267. The van der Waals surface area contributed by atoms with Crippen molar-refractivity contribution in [2.45, 2.75) is 27.7 Å². The highest BCUT2D eigenvalue weighted by molar-refractivity contribution is 6.01. The summed E-state index contributed by atoms with van der Waals surface area (Å²) >= 11 is 0. The van der Waals surface area contributed by atoms with Crippen molar-refractivity contribution >= 4 is 16.7 Å². The highest BCUT2D eigenvalue weighted by Gasteiger charge is 2.16. The van der Waals surface area contributed by atoms with Gasteiger partial charge in [-0.25, -0.2) is 4.79 Å². The van der Waals surface area contributed by atoms with Gasteiger partial charge in [-0.3, -0.25) is 0 Å². The molecule has 0 fully saturated rings. The quantitative estimate of drug-likeness (QED) is 0.807. The first kappa shape index (κ1) is 12.4. The van der Waals surface area contributed by atoms with E-state index in [1.807, 2.05) is 27.7 Å². The number of carbonyl (C=O) groups is 1. The number of aromatic hydroxyl groups is 1. The lowest BCUT2D eigenvalue weighted by Gasteiger charge is -2.15. The molecular weight excluding hydrogens is 228 g/mol. The van der Waals surface area contributed by atoms with Gasteiger partial charge in [0.1, 0.15) is 5.75 Å². The third kappa shape index (κ3) is 1.63. The number of hydrogen-bond donors (Lipinski definition) is 2. The molecular formula is C15H16O3. The van der Waals surface area contributed by atoms with E-state index >= 15 is 0 Å². The molecule has 2 N–H and O–H groups in total. The number of benzene rings is 2. The molecule has 0 radical (unpaired) electrons. The molecule has 0 saturated heterocycles. The van der Waals surface area contributed by atoms with Crippen molar-refractivity contribution in [1.82, 2.24) is 0 Å². The molecule has 3 nitrogen and oxygen atoms in total. The molecule has 94 valence electrons. The van der Waals surface area contributed by atoms with Crippen molar-refractivity contribution in [3.05, 3.63) is 39.9 Å². The van der Waals surface area contributed by atoms with Crippen LogP contribution in [0.5, 0.6) is 5.75 Å². The average Bonchev–Trinajstić information content (AvgIpc) is 2.30. The highest BCUT2D eigenvalue weighted by atomic mass is 16.4. The van der Waals surface area contributed by atoms with E-state index in [1.165, 1.54) is 0 Å². The Hall–Kier alpha value is -2.03. The van der Waals surface area contributed by atoms with Gasteiger partial charge in [0, 0.05) is 0 Å². The molecule has 0 spiro atoms. The predicted octanol–water partition coefficient (Wildman–Crippen LogP) is 3.48. The Morgan fingerprint density at radius 2 is 1.61 bits per heavy atom. The van der Waals surface area contributed by atoms with Crippen LogP contribution in [-0.4, -0.2) is 16.2 Å². The minimum atomic E-state index is -0.914. The lowest BCUT2D eigenvalue weighted by Crippen LogP contribution is -2.03. The summed E-state index contributed by atoms with van der Waals surface area (Å²) in [5, 5.41) is 20.9. The van der Waals surface area contributed by atoms with Crippen LogP contribution in [0.2, 0.25) is 0 Å². The second-order valence-corrected chi connectivity index (χ2v) is 4.74. The summed E-state index contributed by atoms with van der Waals surface area (Å²) in [5.74, 6) is -0.659. The molecule has 0 heterocycles. The summed E-state index contributed by atoms with van der Waals surface area (Å²) in [6.45, 7) is 7.43. The molecule has 2 aromatic carbocycles. The van der Waals surface area contributed by atoms with Crippen molar-refractivity contribution in [3.8, 4) is 5.75 Å². The van der Waals surface area contributed by atoms with Gasteiger partial charge in [0.05, 0.1) is 5.56 Å². The van der Waals surface area contributed by atoms with Crippen LogP contribution in [0, 0.1) is 27.7 Å². The van der Waals surface area contributed by atoms with E-state index < -0.39 is 5.97 Å². The number of fused-ring (bicyclic) bond motifs is 1. The Labute approximate surface area is 106 Å². The van der Waals surface area contributed by atoms with E-state index in [9.17, 15) is 15.0 Å². The third-order valence-corrected chi connectivity index (χ3v) is 3.67. The second-order valence-electron chi connectivity index (χ2n) is 4.74. The monoisotopic (exact) mass is 244 g/mol. The summed E-state index contributed by atoms with van der Waals surface area (Å²) in [7, 11) is 0. The molecule has 0 amide bonds.